The molecule has 2 saturated carbocycles. The SMILES string of the molecule is CCc1c(F)ccc2cc(O)cc(-c3c(F)c4nc(OC[C@]5(CN(C)C)CC5(F)F)nc(N5[C@@H]6CC[C@H]5CN(C5CC(COC)C5)C6)c4c4cn(C)nc34)c12. The molecule has 3 atom stereocenters. The molecular formula is C41H47F4N7O3. The van der Waals surface area contributed by atoms with Crippen LogP contribution in [-0.4, -0.2) is 113 Å². The van der Waals surface area contributed by atoms with Crippen LogP contribution in [0.5, 0.6) is 11.8 Å². The van der Waals surface area contributed by atoms with Gasteiger partial charge in [0.05, 0.1) is 10.8 Å². The fourth-order valence-corrected chi connectivity index (χ4v) is 9.97. The zero-order valence-corrected chi connectivity index (χ0v) is 31.9. The molecule has 10 nitrogen and oxygen atoms in total. The monoisotopic (exact) mass is 761 g/mol. The molecule has 14 heteroatoms. The molecule has 5 aromatic rings. The van der Waals surface area contributed by atoms with Crippen molar-refractivity contribution in [1.82, 2.24) is 29.5 Å². The van der Waals surface area contributed by atoms with Crippen molar-refractivity contribution in [3.63, 3.8) is 0 Å². The van der Waals surface area contributed by atoms with Crippen LogP contribution in [0.1, 0.15) is 44.6 Å². The van der Waals surface area contributed by atoms with E-state index in [0.29, 0.717) is 56.8 Å². The van der Waals surface area contributed by atoms with Crippen molar-refractivity contribution in [2.75, 3.05) is 59.0 Å². The van der Waals surface area contributed by atoms with E-state index in [4.69, 9.17) is 19.6 Å². The Morgan fingerprint density at radius 2 is 1.73 bits per heavy atom. The number of ether oxygens (including phenoxy) is 2. The number of halogens is 4. The lowest BCUT2D eigenvalue weighted by Gasteiger charge is -2.49. The molecule has 4 aliphatic rings. The molecule has 4 heterocycles. The van der Waals surface area contributed by atoms with Gasteiger partial charge < -0.3 is 24.4 Å². The molecule has 0 radical (unpaired) electrons. The number of hydrogen-bond acceptors (Lipinski definition) is 9. The van der Waals surface area contributed by atoms with E-state index in [0.717, 1.165) is 45.4 Å². The third kappa shape index (κ3) is 5.89. The Morgan fingerprint density at radius 1 is 1.00 bits per heavy atom. The number of phenolic OH excluding ortho intramolecular Hbond substituents is 1. The number of likely N-dealkylation sites (tertiary alicyclic amines) is 1. The van der Waals surface area contributed by atoms with Gasteiger partial charge in [-0.1, -0.05) is 13.0 Å². The molecular weight excluding hydrogens is 714 g/mol. The Kier molecular flexibility index (Phi) is 8.70. The first-order valence-electron chi connectivity index (χ1n) is 19.3. The van der Waals surface area contributed by atoms with E-state index in [1.807, 2.05) is 6.92 Å². The van der Waals surface area contributed by atoms with Gasteiger partial charge in [0.1, 0.15) is 35.0 Å². The first-order valence-corrected chi connectivity index (χ1v) is 19.3. The molecule has 1 N–H and O–H groups in total. The summed E-state index contributed by atoms with van der Waals surface area (Å²) in [4.78, 5) is 16.2. The number of hydrogen-bond donors (Lipinski definition) is 1. The smallest absolute Gasteiger partial charge is 0.319 e. The molecule has 3 aromatic carbocycles. The van der Waals surface area contributed by atoms with Gasteiger partial charge in [0.25, 0.3) is 5.92 Å². The first kappa shape index (κ1) is 36.4. The predicted molar refractivity (Wildman–Crippen MR) is 203 cm³/mol. The van der Waals surface area contributed by atoms with Crippen LogP contribution in [0.2, 0.25) is 0 Å². The Bertz CT molecular complexity index is 2320. The van der Waals surface area contributed by atoms with Crippen molar-refractivity contribution >= 4 is 38.4 Å². The molecule has 9 rings (SSSR count). The highest BCUT2D eigenvalue weighted by atomic mass is 19.3. The lowest BCUT2D eigenvalue weighted by Crippen LogP contribution is -2.59. The standard InChI is InChI=1S/C41H47F4N7O3/c1-6-28-31(42)10-7-23-13-27(53)14-29(32(23)28)33-35(43)37-34(30-17-50(4)48-36(30)33)38(47-39(46-37)55-21-40(20-49(2)3)19-41(40,44)45)52-24-8-9-25(52)16-51(15-24)26-11-22(12-26)18-54-5/h7,10,13-14,17,22,24-26,53H,6,8-9,11-12,15-16,18-21H2,1-5H3/t22?,24-,25+,26?,40-/m1/s1. The second-order valence-electron chi connectivity index (χ2n) is 16.7. The minimum Gasteiger partial charge on any atom is -0.508 e. The Morgan fingerprint density at radius 3 is 2.38 bits per heavy atom. The Labute approximate surface area is 317 Å². The van der Waals surface area contributed by atoms with Gasteiger partial charge in [-0.05, 0) is 92.2 Å². The van der Waals surface area contributed by atoms with Crippen molar-refractivity contribution in [3.8, 4) is 22.9 Å². The number of aromatic hydroxyl groups is 1. The Hall–Kier alpha value is -4.27. The molecule has 2 saturated heterocycles. The number of phenols is 1. The summed E-state index contributed by atoms with van der Waals surface area (Å²) in [6.45, 7) is 4.00. The number of nitrogens with zero attached hydrogens (tertiary/aromatic N) is 7. The van der Waals surface area contributed by atoms with Gasteiger partial charge in [-0.3, -0.25) is 9.58 Å². The predicted octanol–water partition coefficient (Wildman–Crippen LogP) is 6.93. The molecule has 0 spiro atoms. The molecule has 0 amide bonds. The van der Waals surface area contributed by atoms with Crippen LogP contribution in [0.3, 0.4) is 0 Å². The minimum atomic E-state index is -2.92. The van der Waals surface area contributed by atoms with Gasteiger partial charge in [0.2, 0.25) is 0 Å². The first-order chi connectivity index (χ1) is 26.3. The zero-order valence-electron chi connectivity index (χ0n) is 31.9. The van der Waals surface area contributed by atoms with Crippen molar-refractivity contribution in [3.05, 3.63) is 47.7 Å². The van der Waals surface area contributed by atoms with E-state index in [1.165, 1.54) is 18.2 Å². The van der Waals surface area contributed by atoms with E-state index in [-0.39, 0.29) is 60.1 Å². The van der Waals surface area contributed by atoms with Crippen molar-refractivity contribution in [2.24, 2.45) is 18.4 Å². The molecule has 4 fully saturated rings. The molecule has 55 heavy (non-hydrogen) atoms. The number of alkyl halides is 2. The fourth-order valence-electron chi connectivity index (χ4n) is 9.97. The summed E-state index contributed by atoms with van der Waals surface area (Å²) in [5.74, 6) is -3.15. The van der Waals surface area contributed by atoms with Crippen LogP contribution in [-0.2, 0) is 18.2 Å². The van der Waals surface area contributed by atoms with Crippen LogP contribution in [0, 0.1) is 23.0 Å². The van der Waals surface area contributed by atoms with Crippen molar-refractivity contribution in [1.29, 1.82) is 0 Å². The second-order valence-corrected chi connectivity index (χ2v) is 16.7. The van der Waals surface area contributed by atoms with Gasteiger partial charge in [0.15, 0.2) is 5.82 Å². The number of methoxy groups -OCH3 is 1. The normalized spacial score (nSPS) is 26.1. The van der Waals surface area contributed by atoms with E-state index in [1.54, 1.807) is 50.1 Å². The largest absolute Gasteiger partial charge is 0.508 e. The van der Waals surface area contributed by atoms with Crippen LogP contribution >= 0.6 is 0 Å². The van der Waals surface area contributed by atoms with Crippen molar-refractivity contribution in [2.45, 2.75) is 69.5 Å². The van der Waals surface area contributed by atoms with Gasteiger partial charge >= 0.3 is 6.01 Å². The summed E-state index contributed by atoms with van der Waals surface area (Å²) in [6.07, 6.45) is 5.84. The lowest BCUT2D eigenvalue weighted by molar-refractivity contribution is 0.0198. The second kappa shape index (κ2) is 13.2. The number of aryl methyl sites for hydroxylation is 2. The molecule has 2 aliphatic heterocycles. The van der Waals surface area contributed by atoms with Crippen LogP contribution < -0.4 is 9.64 Å². The summed E-state index contributed by atoms with van der Waals surface area (Å²) in [5, 5.41) is 17.7. The highest BCUT2D eigenvalue weighted by Crippen LogP contribution is 2.61. The van der Waals surface area contributed by atoms with Crippen LogP contribution in [0.15, 0.2) is 30.5 Å². The van der Waals surface area contributed by atoms with E-state index < -0.39 is 23.0 Å². The molecule has 2 aliphatic carbocycles. The van der Waals surface area contributed by atoms with E-state index >= 15 is 8.78 Å². The summed E-state index contributed by atoms with van der Waals surface area (Å²) in [6, 6.07) is 6.37. The molecule has 2 bridgehead atoms. The number of benzene rings is 3. The number of aromatic nitrogens is 4. The molecule has 292 valence electrons. The maximum absolute atomic E-state index is 17.8. The number of piperazine rings is 1. The topological polar surface area (TPSA) is 92.0 Å². The Balaban J connectivity index is 1.23. The molecule has 2 aromatic heterocycles. The third-order valence-electron chi connectivity index (χ3n) is 12.6. The average molecular weight is 762 g/mol. The average Bonchev–Trinajstić information content (AvgIpc) is 3.30. The number of rotatable bonds is 11. The van der Waals surface area contributed by atoms with Gasteiger partial charge in [-0.25, -0.2) is 17.6 Å². The summed E-state index contributed by atoms with van der Waals surface area (Å²) < 4.78 is 76.1. The summed E-state index contributed by atoms with van der Waals surface area (Å²) in [7, 11) is 6.98. The van der Waals surface area contributed by atoms with Gasteiger partial charge in [0, 0.05) is 82.1 Å². The van der Waals surface area contributed by atoms with Crippen molar-refractivity contribution < 1.29 is 32.1 Å². The summed E-state index contributed by atoms with van der Waals surface area (Å²) >= 11 is 0. The summed E-state index contributed by atoms with van der Waals surface area (Å²) in [5.41, 5.74) is -0.428. The fraction of sp³-hybridized carbons (Fsp3) is 0.537. The highest BCUT2D eigenvalue weighted by molar-refractivity contribution is 6.18. The highest BCUT2D eigenvalue weighted by Gasteiger charge is 2.71. The minimum absolute atomic E-state index is 0.0473. The maximum Gasteiger partial charge on any atom is 0.319 e. The zero-order chi connectivity index (χ0) is 38.6. The lowest BCUT2D eigenvalue weighted by atomic mass is 9.79. The molecule has 0 unspecified atom stereocenters. The van der Waals surface area contributed by atoms with Crippen LogP contribution in [0.4, 0.5) is 23.4 Å². The third-order valence-corrected chi connectivity index (χ3v) is 12.6. The van der Waals surface area contributed by atoms with E-state index in [2.05, 4.69) is 14.8 Å². The van der Waals surface area contributed by atoms with Gasteiger partial charge in [-0.15, -0.1) is 0 Å². The van der Waals surface area contributed by atoms with Crippen LogP contribution in [0.25, 0.3) is 43.7 Å². The number of fused-ring (bicyclic) bond motifs is 6. The maximum atomic E-state index is 17.8. The number of anilines is 1. The van der Waals surface area contributed by atoms with Gasteiger partial charge in [-0.2, -0.15) is 15.1 Å². The quantitative estimate of drug-likeness (QED) is 0.144. The van der Waals surface area contributed by atoms with E-state index in [9.17, 15) is 13.9 Å².